The molecule has 0 radical (unpaired) electrons. The molecule has 7 nitrogen and oxygen atoms in total. The van der Waals surface area contributed by atoms with Gasteiger partial charge in [-0.3, -0.25) is 4.79 Å². The highest BCUT2D eigenvalue weighted by atomic mass is 16.5. The lowest BCUT2D eigenvalue weighted by Crippen LogP contribution is -2.52. The number of aromatic nitrogens is 3. The van der Waals surface area contributed by atoms with Crippen LogP contribution in [0.15, 0.2) is 36.5 Å². The highest BCUT2D eigenvalue weighted by Gasteiger charge is 2.41. The molecular weight excluding hydrogens is 366 g/mol. The third-order valence-electron chi connectivity index (χ3n) is 6.22. The van der Waals surface area contributed by atoms with Gasteiger partial charge in [0.05, 0.1) is 12.6 Å². The molecule has 3 aromatic rings. The van der Waals surface area contributed by atoms with Gasteiger partial charge in [0, 0.05) is 24.7 Å². The summed E-state index contributed by atoms with van der Waals surface area (Å²) in [5, 5.41) is 7.32. The maximum atomic E-state index is 12.5. The summed E-state index contributed by atoms with van der Waals surface area (Å²) in [6, 6.07) is 9.84. The molecule has 5 rings (SSSR count). The van der Waals surface area contributed by atoms with Crippen molar-refractivity contribution < 1.29 is 9.53 Å². The Balaban J connectivity index is 1.48. The fourth-order valence-corrected chi connectivity index (χ4v) is 4.67. The van der Waals surface area contributed by atoms with Gasteiger partial charge in [0.25, 0.3) is 5.91 Å². The van der Waals surface area contributed by atoms with Crippen molar-refractivity contribution in [3.8, 4) is 5.75 Å². The molecule has 1 fully saturated rings. The summed E-state index contributed by atoms with van der Waals surface area (Å²) in [7, 11) is 1.66. The summed E-state index contributed by atoms with van der Waals surface area (Å²) in [4.78, 5) is 21.8. The van der Waals surface area contributed by atoms with Crippen LogP contribution in [0.3, 0.4) is 0 Å². The van der Waals surface area contributed by atoms with Crippen LogP contribution in [-0.4, -0.2) is 34.1 Å². The second-order valence-electron chi connectivity index (χ2n) is 8.01. The minimum absolute atomic E-state index is 0.0214. The molecule has 1 spiro atoms. The van der Waals surface area contributed by atoms with E-state index < -0.39 is 0 Å². The molecule has 2 aromatic heterocycles. The summed E-state index contributed by atoms with van der Waals surface area (Å²) < 4.78 is 7.40. The highest BCUT2D eigenvalue weighted by molar-refractivity contribution is 5.99. The first-order chi connectivity index (χ1) is 14.2. The average Bonchev–Trinajstić information content (AvgIpc) is 3.17. The zero-order chi connectivity index (χ0) is 19.8. The predicted molar refractivity (Wildman–Crippen MR) is 111 cm³/mol. The first kappa shape index (κ1) is 18.0. The van der Waals surface area contributed by atoms with E-state index in [-0.39, 0.29) is 11.4 Å². The van der Waals surface area contributed by atoms with Crippen LogP contribution in [0.4, 0.5) is 5.95 Å². The number of ether oxygens (including phenoxy) is 1. The summed E-state index contributed by atoms with van der Waals surface area (Å²) in [5.74, 6) is 1.39. The SMILES string of the molecule is COc1ccc(CNc2ncc3cc4n(c3n2)C2(CCCCC2)CNC4=O)cc1. The van der Waals surface area contributed by atoms with Crippen LogP contribution in [0.5, 0.6) is 5.75 Å². The zero-order valence-corrected chi connectivity index (χ0v) is 16.6. The summed E-state index contributed by atoms with van der Waals surface area (Å²) in [6.07, 6.45) is 7.58. The Morgan fingerprint density at radius 1 is 1.21 bits per heavy atom. The van der Waals surface area contributed by atoms with E-state index in [1.54, 1.807) is 7.11 Å². The molecule has 0 atom stereocenters. The van der Waals surface area contributed by atoms with Gasteiger partial charge in [-0.05, 0) is 36.6 Å². The second-order valence-corrected chi connectivity index (χ2v) is 8.01. The molecule has 1 amide bonds. The van der Waals surface area contributed by atoms with Crippen molar-refractivity contribution in [1.82, 2.24) is 19.9 Å². The Morgan fingerprint density at radius 2 is 2.00 bits per heavy atom. The number of anilines is 1. The lowest BCUT2D eigenvalue weighted by molar-refractivity contribution is 0.0833. The normalized spacial score (nSPS) is 17.8. The summed E-state index contributed by atoms with van der Waals surface area (Å²) in [5.41, 5.74) is 2.61. The van der Waals surface area contributed by atoms with Gasteiger partial charge in [-0.25, -0.2) is 4.98 Å². The van der Waals surface area contributed by atoms with Crippen LogP contribution in [0, 0.1) is 0 Å². The van der Waals surface area contributed by atoms with E-state index in [1.807, 2.05) is 36.5 Å². The standard InChI is InChI=1S/C22H25N5O2/c1-29-17-7-5-15(6-8-17)12-23-21-24-13-16-11-18-20(28)25-14-22(9-3-2-4-10-22)27(18)19(16)26-21/h5-8,11,13H,2-4,9-10,12,14H2,1H3,(H,25,28)(H,23,24,26). The molecule has 1 aliphatic heterocycles. The van der Waals surface area contributed by atoms with Crippen LogP contribution in [-0.2, 0) is 12.1 Å². The Bertz CT molecular complexity index is 1050. The van der Waals surface area contributed by atoms with Crippen molar-refractivity contribution in [2.24, 2.45) is 0 Å². The number of fused-ring (bicyclic) bond motifs is 4. The van der Waals surface area contributed by atoms with Crippen molar-refractivity contribution in [2.75, 3.05) is 19.0 Å². The van der Waals surface area contributed by atoms with Crippen molar-refractivity contribution >= 4 is 22.9 Å². The molecule has 1 aromatic carbocycles. The van der Waals surface area contributed by atoms with E-state index in [0.717, 1.165) is 35.2 Å². The van der Waals surface area contributed by atoms with E-state index in [4.69, 9.17) is 9.72 Å². The second kappa shape index (κ2) is 7.06. The fourth-order valence-electron chi connectivity index (χ4n) is 4.67. The fraction of sp³-hybridized carbons (Fsp3) is 0.409. The molecule has 1 saturated carbocycles. The number of hydrogen-bond acceptors (Lipinski definition) is 5. The number of benzene rings is 1. The third kappa shape index (κ3) is 3.10. The number of carbonyl (C=O) groups is 1. The Morgan fingerprint density at radius 3 is 2.76 bits per heavy atom. The molecule has 7 heteroatoms. The van der Waals surface area contributed by atoms with E-state index >= 15 is 0 Å². The molecule has 2 aliphatic rings. The minimum Gasteiger partial charge on any atom is -0.497 e. The molecule has 0 bridgehead atoms. The van der Waals surface area contributed by atoms with Crippen molar-refractivity contribution in [1.29, 1.82) is 0 Å². The Kier molecular flexibility index (Phi) is 4.38. The van der Waals surface area contributed by atoms with Crippen LogP contribution < -0.4 is 15.4 Å². The monoisotopic (exact) mass is 391 g/mol. The third-order valence-corrected chi connectivity index (χ3v) is 6.22. The van der Waals surface area contributed by atoms with Gasteiger partial charge < -0.3 is 19.9 Å². The zero-order valence-electron chi connectivity index (χ0n) is 16.6. The van der Waals surface area contributed by atoms with Crippen molar-refractivity contribution in [2.45, 2.75) is 44.2 Å². The van der Waals surface area contributed by atoms with Crippen LogP contribution in [0.2, 0.25) is 0 Å². The molecular formula is C22H25N5O2. The Labute approximate surface area is 169 Å². The lowest BCUT2D eigenvalue weighted by atomic mass is 9.80. The maximum absolute atomic E-state index is 12.5. The molecule has 150 valence electrons. The lowest BCUT2D eigenvalue weighted by Gasteiger charge is -2.42. The van der Waals surface area contributed by atoms with Gasteiger partial charge in [-0.1, -0.05) is 31.4 Å². The maximum Gasteiger partial charge on any atom is 0.268 e. The number of amides is 1. The molecule has 0 saturated heterocycles. The predicted octanol–water partition coefficient (Wildman–Crippen LogP) is 3.45. The number of rotatable bonds is 4. The first-order valence-electron chi connectivity index (χ1n) is 10.2. The van der Waals surface area contributed by atoms with E-state index in [2.05, 4.69) is 20.2 Å². The number of nitrogens with zero attached hydrogens (tertiary/aromatic N) is 3. The molecule has 29 heavy (non-hydrogen) atoms. The van der Waals surface area contributed by atoms with Gasteiger partial charge in [0.15, 0.2) is 0 Å². The minimum atomic E-state index is -0.0646. The quantitative estimate of drug-likeness (QED) is 0.712. The van der Waals surface area contributed by atoms with Gasteiger partial charge in [-0.2, -0.15) is 4.98 Å². The first-order valence-corrected chi connectivity index (χ1v) is 10.2. The van der Waals surface area contributed by atoms with Gasteiger partial charge >= 0.3 is 0 Å². The van der Waals surface area contributed by atoms with Gasteiger partial charge in [0.1, 0.15) is 17.1 Å². The number of hydrogen-bond donors (Lipinski definition) is 2. The van der Waals surface area contributed by atoms with E-state index in [0.29, 0.717) is 24.7 Å². The van der Waals surface area contributed by atoms with Crippen molar-refractivity contribution in [3.63, 3.8) is 0 Å². The number of nitrogens with one attached hydrogen (secondary N) is 2. The van der Waals surface area contributed by atoms with Crippen LogP contribution >= 0.6 is 0 Å². The molecule has 1 aliphatic carbocycles. The van der Waals surface area contributed by atoms with E-state index in [9.17, 15) is 4.79 Å². The van der Waals surface area contributed by atoms with Gasteiger partial charge in [-0.15, -0.1) is 0 Å². The highest BCUT2D eigenvalue weighted by Crippen LogP contribution is 2.40. The van der Waals surface area contributed by atoms with Crippen molar-refractivity contribution in [3.05, 3.63) is 47.8 Å². The average molecular weight is 391 g/mol. The summed E-state index contributed by atoms with van der Waals surface area (Å²) in [6.45, 7) is 1.30. The van der Waals surface area contributed by atoms with Gasteiger partial charge in [0.2, 0.25) is 5.95 Å². The Hall–Kier alpha value is -3.09. The smallest absolute Gasteiger partial charge is 0.268 e. The van der Waals surface area contributed by atoms with Crippen LogP contribution in [0.25, 0.3) is 11.0 Å². The molecule has 3 heterocycles. The number of methoxy groups -OCH3 is 1. The number of carbonyl (C=O) groups excluding carboxylic acids is 1. The summed E-state index contributed by atoms with van der Waals surface area (Å²) >= 11 is 0. The molecule has 2 N–H and O–H groups in total. The molecule has 0 unspecified atom stereocenters. The largest absolute Gasteiger partial charge is 0.497 e. The topological polar surface area (TPSA) is 81.1 Å². The van der Waals surface area contributed by atoms with Crippen LogP contribution in [0.1, 0.15) is 48.2 Å². The van der Waals surface area contributed by atoms with E-state index in [1.165, 1.54) is 19.3 Å².